The van der Waals surface area contributed by atoms with Crippen molar-refractivity contribution < 1.29 is 13.9 Å². The SMILES string of the molecule is CCn1c(SCCCOc2ccc(OC)cc2)nnc1-c1ccco1. The number of hydrogen-bond donors (Lipinski definition) is 0. The predicted molar refractivity (Wildman–Crippen MR) is 97.2 cm³/mol. The molecule has 0 fully saturated rings. The average molecular weight is 359 g/mol. The molecule has 0 saturated heterocycles. The third-order valence-electron chi connectivity index (χ3n) is 3.62. The Kier molecular flexibility index (Phi) is 6.00. The zero-order valence-corrected chi connectivity index (χ0v) is 15.2. The van der Waals surface area contributed by atoms with Gasteiger partial charge in [0.25, 0.3) is 0 Å². The molecular weight excluding hydrogens is 338 g/mol. The molecule has 2 aromatic heterocycles. The smallest absolute Gasteiger partial charge is 0.200 e. The van der Waals surface area contributed by atoms with Gasteiger partial charge in [-0.2, -0.15) is 0 Å². The first-order valence-corrected chi connectivity index (χ1v) is 9.17. The van der Waals surface area contributed by atoms with Crippen LogP contribution in [0.1, 0.15) is 13.3 Å². The largest absolute Gasteiger partial charge is 0.497 e. The van der Waals surface area contributed by atoms with Crippen molar-refractivity contribution >= 4 is 11.8 Å². The molecular formula is C18H21N3O3S. The van der Waals surface area contributed by atoms with E-state index in [9.17, 15) is 0 Å². The van der Waals surface area contributed by atoms with Gasteiger partial charge in [0.1, 0.15) is 11.5 Å². The maximum Gasteiger partial charge on any atom is 0.200 e. The summed E-state index contributed by atoms with van der Waals surface area (Å²) in [4.78, 5) is 0. The second kappa shape index (κ2) is 8.62. The van der Waals surface area contributed by atoms with E-state index in [0.717, 1.165) is 47.0 Å². The van der Waals surface area contributed by atoms with Crippen LogP contribution in [-0.2, 0) is 6.54 Å². The van der Waals surface area contributed by atoms with Gasteiger partial charge in [0.05, 0.1) is 20.0 Å². The Bertz CT molecular complexity index is 769. The van der Waals surface area contributed by atoms with Crippen LogP contribution in [0.15, 0.2) is 52.2 Å². The minimum Gasteiger partial charge on any atom is -0.497 e. The highest BCUT2D eigenvalue weighted by Crippen LogP contribution is 2.24. The molecule has 0 N–H and O–H groups in total. The van der Waals surface area contributed by atoms with Gasteiger partial charge in [0.2, 0.25) is 0 Å². The summed E-state index contributed by atoms with van der Waals surface area (Å²) in [6.07, 6.45) is 2.57. The van der Waals surface area contributed by atoms with E-state index in [-0.39, 0.29) is 0 Å². The summed E-state index contributed by atoms with van der Waals surface area (Å²) in [6.45, 7) is 3.53. The van der Waals surface area contributed by atoms with E-state index in [1.165, 1.54) is 0 Å². The lowest BCUT2D eigenvalue weighted by molar-refractivity contribution is 0.318. The zero-order chi connectivity index (χ0) is 17.5. The van der Waals surface area contributed by atoms with Gasteiger partial charge < -0.3 is 13.9 Å². The number of hydrogen-bond acceptors (Lipinski definition) is 6. The highest BCUT2D eigenvalue weighted by molar-refractivity contribution is 7.99. The molecule has 0 aliphatic rings. The molecule has 0 bridgehead atoms. The van der Waals surface area contributed by atoms with Gasteiger partial charge in [-0.05, 0) is 49.7 Å². The first kappa shape index (κ1) is 17.4. The molecule has 6 nitrogen and oxygen atoms in total. The number of nitrogens with zero attached hydrogens (tertiary/aromatic N) is 3. The van der Waals surface area contributed by atoms with Crippen LogP contribution in [0.4, 0.5) is 0 Å². The third kappa shape index (κ3) is 4.36. The molecule has 1 aromatic carbocycles. The summed E-state index contributed by atoms with van der Waals surface area (Å²) in [5.41, 5.74) is 0. The van der Waals surface area contributed by atoms with Crippen molar-refractivity contribution in [2.45, 2.75) is 25.0 Å². The number of rotatable bonds is 9. The van der Waals surface area contributed by atoms with Crippen LogP contribution in [0.3, 0.4) is 0 Å². The summed E-state index contributed by atoms with van der Waals surface area (Å²) >= 11 is 1.68. The van der Waals surface area contributed by atoms with Gasteiger partial charge in [-0.3, -0.25) is 4.57 Å². The minimum atomic E-state index is 0.657. The molecule has 0 unspecified atom stereocenters. The Balaban J connectivity index is 1.47. The summed E-state index contributed by atoms with van der Waals surface area (Å²) in [5.74, 6) is 4.09. The fraction of sp³-hybridized carbons (Fsp3) is 0.333. The van der Waals surface area contributed by atoms with Gasteiger partial charge in [0, 0.05) is 12.3 Å². The molecule has 7 heteroatoms. The topological polar surface area (TPSA) is 62.3 Å². The summed E-state index contributed by atoms with van der Waals surface area (Å²) in [5, 5.41) is 9.43. The maximum absolute atomic E-state index is 5.74. The van der Waals surface area contributed by atoms with Crippen molar-refractivity contribution in [3.05, 3.63) is 42.7 Å². The fourth-order valence-electron chi connectivity index (χ4n) is 2.35. The van der Waals surface area contributed by atoms with Crippen molar-refractivity contribution in [1.29, 1.82) is 0 Å². The first-order chi connectivity index (χ1) is 12.3. The van der Waals surface area contributed by atoms with Crippen LogP contribution in [0.5, 0.6) is 11.5 Å². The zero-order valence-electron chi connectivity index (χ0n) is 14.3. The highest BCUT2D eigenvalue weighted by atomic mass is 32.2. The number of thioether (sulfide) groups is 1. The molecule has 25 heavy (non-hydrogen) atoms. The van der Waals surface area contributed by atoms with Gasteiger partial charge in [-0.15, -0.1) is 10.2 Å². The van der Waals surface area contributed by atoms with Crippen LogP contribution in [0.25, 0.3) is 11.6 Å². The lowest BCUT2D eigenvalue weighted by Gasteiger charge is -2.08. The normalized spacial score (nSPS) is 10.8. The van der Waals surface area contributed by atoms with Gasteiger partial charge in [-0.1, -0.05) is 11.8 Å². The molecule has 0 spiro atoms. The fourth-order valence-corrected chi connectivity index (χ4v) is 3.27. The number of benzene rings is 1. The minimum absolute atomic E-state index is 0.657. The van der Waals surface area contributed by atoms with Gasteiger partial charge in [0.15, 0.2) is 16.7 Å². The first-order valence-electron chi connectivity index (χ1n) is 8.18. The second-order valence-corrected chi connectivity index (χ2v) is 6.32. The van der Waals surface area contributed by atoms with E-state index in [1.54, 1.807) is 25.1 Å². The number of furan rings is 1. The van der Waals surface area contributed by atoms with Crippen molar-refractivity contribution in [2.24, 2.45) is 0 Å². The molecule has 0 radical (unpaired) electrons. The lowest BCUT2D eigenvalue weighted by Crippen LogP contribution is -2.02. The lowest BCUT2D eigenvalue weighted by atomic mass is 10.3. The highest BCUT2D eigenvalue weighted by Gasteiger charge is 2.14. The maximum atomic E-state index is 5.74. The van der Waals surface area contributed by atoms with E-state index in [1.807, 2.05) is 36.4 Å². The van der Waals surface area contributed by atoms with Crippen LogP contribution in [-0.4, -0.2) is 34.2 Å². The Hall–Kier alpha value is -2.41. The molecule has 0 atom stereocenters. The summed E-state index contributed by atoms with van der Waals surface area (Å²) < 4.78 is 18.4. The van der Waals surface area contributed by atoms with E-state index < -0.39 is 0 Å². The Morgan fingerprint density at radius 3 is 2.60 bits per heavy atom. The summed E-state index contributed by atoms with van der Waals surface area (Å²) in [7, 11) is 1.65. The molecule has 0 amide bonds. The average Bonchev–Trinajstić information content (AvgIpc) is 3.31. The Morgan fingerprint density at radius 2 is 1.92 bits per heavy atom. The quantitative estimate of drug-likeness (QED) is 0.423. The number of methoxy groups -OCH3 is 1. The Morgan fingerprint density at radius 1 is 1.12 bits per heavy atom. The molecule has 2 heterocycles. The molecule has 3 aromatic rings. The molecule has 0 aliphatic heterocycles. The van der Waals surface area contributed by atoms with Crippen LogP contribution >= 0.6 is 11.8 Å². The summed E-state index contributed by atoms with van der Waals surface area (Å²) in [6, 6.07) is 11.4. The van der Waals surface area contributed by atoms with Gasteiger partial charge >= 0.3 is 0 Å². The van der Waals surface area contributed by atoms with E-state index in [0.29, 0.717) is 6.61 Å². The van der Waals surface area contributed by atoms with E-state index in [2.05, 4.69) is 21.7 Å². The molecule has 132 valence electrons. The molecule has 0 aliphatic carbocycles. The van der Waals surface area contributed by atoms with Crippen LogP contribution in [0.2, 0.25) is 0 Å². The van der Waals surface area contributed by atoms with Crippen molar-refractivity contribution in [1.82, 2.24) is 14.8 Å². The number of ether oxygens (including phenoxy) is 2. The van der Waals surface area contributed by atoms with E-state index >= 15 is 0 Å². The standard InChI is InChI=1S/C18H21N3O3S/c1-3-21-17(16-6-4-11-24-16)19-20-18(21)25-13-5-12-23-15-9-7-14(22-2)8-10-15/h4,6-11H,3,5,12-13H2,1-2H3. The van der Waals surface area contributed by atoms with Crippen LogP contribution < -0.4 is 9.47 Å². The van der Waals surface area contributed by atoms with E-state index in [4.69, 9.17) is 13.9 Å². The third-order valence-corrected chi connectivity index (χ3v) is 4.68. The van der Waals surface area contributed by atoms with Gasteiger partial charge in [-0.25, -0.2) is 0 Å². The second-order valence-electron chi connectivity index (χ2n) is 5.25. The molecule has 3 rings (SSSR count). The van der Waals surface area contributed by atoms with Crippen molar-refractivity contribution in [3.63, 3.8) is 0 Å². The Labute approximate surface area is 151 Å². The monoisotopic (exact) mass is 359 g/mol. The molecule has 0 saturated carbocycles. The number of aromatic nitrogens is 3. The predicted octanol–water partition coefficient (Wildman–Crippen LogP) is 4.13. The van der Waals surface area contributed by atoms with Crippen molar-refractivity contribution in [3.8, 4) is 23.1 Å². The van der Waals surface area contributed by atoms with Crippen molar-refractivity contribution in [2.75, 3.05) is 19.5 Å². The van der Waals surface area contributed by atoms with Crippen LogP contribution in [0, 0.1) is 0 Å².